The van der Waals surface area contributed by atoms with Gasteiger partial charge in [0.25, 0.3) is 11.8 Å². The van der Waals surface area contributed by atoms with Gasteiger partial charge >= 0.3 is 0 Å². The minimum absolute atomic E-state index is 0.269. The fourth-order valence-electron chi connectivity index (χ4n) is 3.90. The number of rotatable bonds is 4. The Hall–Kier alpha value is -3.67. The van der Waals surface area contributed by atoms with E-state index in [0.717, 1.165) is 52.3 Å². The van der Waals surface area contributed by atoms with Crippen LogP contribution in [-0.2, 0) is 6.42 Å². The van der Waals surface area contributed by atoms with Crippen LogP contribution in [0, 0.1) is 20.8 Å². The van der Waals surface area contributed by atoms with E-state index in [0.29, 0.717) is 12.0 Å². The van der Waals surface area contributed by atoms with E-state index in [-0.39, 0.29) is 17.6 Å². The van der Waals surface area contributed by atoms with E-state index < -0.39 is 0 Å². The van der Waals surface area contributed by atoms with Crippen molar-refractivity contribution in [3.8, 4) is 0 Å². The van der Waals surface area contributed by atoms with Gasteiger partial charge < -0.3 is 9.73 Å². The summed E-state index contributed by atoms with van der Waals surface area (Å²) < 4.78 is 5.95. The number of carbonyl (C=O) groups excluding carboxylic acids is 2. The summed E-state index contributed by atoms with van der Waals surface area (Å²) in [6.07, 6.45) is 2.29. The summed E-state index contributed by atoms with van der Waals surface area (Å²) in [7, 11) is 0. The maximum absolute atomic E-state index is 12.9. The van der Waals surface area contributed by atoms with Gasteiger partial charge in [-0.15, -0.1) is 0 Å². The van der Waals surface area contributed by atoms with Crippen LogP contribution in [0.15, 0.2) is 58.0 Å². The Morgan fingerprint density at radius 3 is 2.48 bits per heavy atom. The lowest BCUT2D eigenvalue weighted by Crippen LogP contribution is -2.22. The normalized spacial score (nSPS) is 14.2. The molecule has 0 unspecified atom stereocenters. The quantitative estimate of drug-likeness (QED) is 0.593. The molecule has 1 heterocycles. The zero-order valence-corrected chi connectivity index (χ0v) is 17.9. The highest BCUT2D eigenvalue weighted by Crippen LogP contribution is 2.30. The standard InChI is InChI=1S/C25H25N3O3/c1-15-12-13-19(16(2)14-15)26-25(30)23-17(3)22-20(10-7-11-21(22)31-23)27-28-24(29)18-8-5-4-6-9-18/h4-6,8-9,12-14H,7,10-11H2,1-3H3,(H,26,30)(H,28,29)/b27-20+. The van der Waals surface area contributed by atoms with Crippen molar-refractivity contribution >= 4 is 23.2 Å². The molecule has 0 atom stereocenters. The average molecular weight is 415 g/mol. The minimum Gasteiger partial charge on any atom is -0.455 e. The van der Waals surface area contributed by atoms with Crippen molar-refractivity contribution in [3.05, 3.63) is 87.9 Å². The van der Waals surface area contributed by atoms with Gasteiger partial charge in [0.1, 0.15) is 5.76 Å². The molecule has 6 nitrogen and oxygen atoms in total. The highest BCUT2D eigenvalue weighted by molar-refractivity contribution is 6.09. The van der Waals surface area contributed by atoms with Crippen molar-refractivity contribution in [1.82, 2.24) is 5.43 Å². The number of amides is 2. The number of hydrazone groups is 1. The first-order valence-electron chi connectivity index (χ1n) is 10.4. The molecule has 2 aromatic carbocycles. The fraction of sp³-hybridized carbons (Fsp3) is 0.240. The van der Waals surface area contributed by atoms with E-state index in [1.165, 1.54) is 0 Å². The Kier molecular flexibility index (Phi) is 5.71. The van der Waals surface area contributed by atoms with Gasteiger partial charge in [-0.05, 0) is 57.4 Å². The minimum atomic E-state index is -0.286. The van der Waals surface area contributed by atoms with E-state index >= 15 is 0 Å². The molecule has 2 amide bonds. The predicted molar refractivity (Wildman–Crippen MR) is 121 cm³/mol. The van der Waals surface area contributed by atoms with E-state index in [2.05, 4.69) is 15.8 Å². The number of furan rings is 1. The van der Waals surface area contributed by atoms with Crippen molar-refractivity contribution < 1.29 is 14.0 Å². The van der Waals surface area contributed by atoms with Crippen molar-refractivity contribution in [2.75, 3.05) is 5.32 Å². The monoisotopic (exact) mass is 415 g/mol. The Labute approximate surface area is 181 Å². The van der Waals surface area contributed by atoms with Crippen LogP contribution in [0.3, 0.4) is 0 Å². The molecule has 0 aliphatic heterocycles. The molecule has 1 aliphatic rings. The third-order valence-electron chi connectivity index (χ3n) is 5.49. The number of anilines is 1. The number of benzene rings is 2. The zero-order valence-electron chi connectivity index (χ0n) is 17.9. The Balaban J connectivity index is 1.58. The molecule has 1 aliphatic carbocycles. The second kappa shape index (κ2) is 8.60. The predicted octanol–water partition coefficient (Wildman–Crippen LogP) is 4.93. The first kappa shape index (κ1) is 20.6. The van der Waals surface area contributed by atoms with Gasteiger partial charge in [0.2, 0.25) is 0 Å². The van der Waals surface area contributed by atoms with Crippen LogP contribution in [0.2, 0.25) is 0 Å². The highest BCUT2D eigenvalue weighted by Gasteiger charge is 2.28. The Morgan fingerprint density at radius 2 is 1.74 bits per heavy atom. The number of nitrogens with zero attached hydrogens (tertiary/aromatic N) is 1. The van der Waals surface area contributed by atoms with E-state index in [1.54, 1.807) is 12.1 Å². The first-order valence-corrected chi connectivity index (χ1v) is 10.4. The molecular formula is C25H25N3O3. The SMILES string of the molecule is Cc1ccc(NC(=O)c2oc3c(c2C)/C(=N/NC(=O)c2ccccc2)CCC3)c(C)c1. The summed E-state index contributed by atoms with van der Waals surface area (Å²) in [4.78, 5) is 25.3. The maximum atomic E-state index is 12.9. The largest absolute Gasteiger partial charge is 0.455 e. The van der Waals surface area contributed by atoms with E-state index in [1.807, 2.05) is 57.2 Å². The number of hydrogen-bond donors (Lipinski definition) is 2. The molecule has 3 aromatic rings. The van der Waals surface area contributed by atoms with Crippen LogP contribution >= 0.6 is 0 Å². The topological polar surface area (TPSA) is 83.7 Å². The van der Waals surface area contributed by atoms with Crippen molar-refractivity contribution in [2.24, 2.45) is 5.10 Å². The summed E-state index contributed by atoms with van der Waals surface area (Å²) in [6, 6.07) is 14.8. The second-order valence-electron chi connectivity index (χ2n) is 7.85. The fourth-order valence-corrected chi connectivity index (χ4v) is 3.90. The number of hydrogen-bond acceptors (Lipinski definition) is 4. The number of nitrogens with one attached hydrogen (secondary N) is 2. The van der Waals surface area contributed by atoms with Crippen LogP contribution in [0.25, 0.3) is 0 Å². The van der Waals surface area contributed by atoms with Crippen LogP contribution in [0.5, 0.6) is 0 Å². The molecule has 158 valence electrons. The molecule has 0 radical (unpaired) electrons. The van der Waals surface area contributed by atoms with Crippen LogP contribution in [0.4, 0.5) is 5.69 Å². The molecule has 0 saturated carbocycles. The van der Waals surface area contributed by atoms with Crippen molar-refractivity contribution in [1.29, 1.82) is 0 Å². The summed E-state index contributed by atoms with van der Waals surface area (Å²) in [5, 5.41) is 7.32. The third-order valence-corrected chi connectivity index (χ3v) is 5.49. The van der Waals surface area contributed by atoms with Gasteiger partial charge in [-0.25, -0.2) is 5.43 Å². The Bertz CT molecular complexity index is 1180. The third kappa shape index (κ3) is 4.28. The van der Waals surface area contributed by atoms with Gasteiger partial charge in [0.05, 0.1) is 5.71 Å². The summed E-state index contributed by atoms with van der Waals surface area (Å²) >= 11 is 0. The molecule has 0 spiro atoms. The van der Waals surface area contributed by atoms with Gasteiger partial charge in [0.15, 0.2) is 5.76 Å². The first-order chi connectivity index (χ1) is 14.9. The van der Waals surface area contributed by atoms with Gasteiger partial charge in [-0.1, -0.05) is 35.9 Å². The molecule has 1 aromatic heterocycles. The van der Waals surface area contributed by atoms with E-state index in [4.69, 9.17) is 4.42 Å². The van der Waals surface area contributed by atoms with Gasteiger partial charge in [0, 0.05) is 28.8 Å². The van der Waals surface area contributed by atoms with Crippen LogP contribution in [0.1, 0.15) is 61.8 Å². The van der Waals surface area contributed by atoms with Crippen LogP contribution < -0.4 is 10.7 Å². The Morgan fingerprint density at radius 1 is 0.968 bits per heavy atom. The summed E-state index contributed by atoms with van der Waals surface area (Å²) in [5.74, 6) is 0.469. The molecule has 2 N–H and O–H groups in total. The summed E-state index contributed by atoms with van der Waals surface area (Å²) in [5.41, 5.74) is 8.36. The van der Waals surface area contributed by atoms with Crippen molar-refractivity contribution in [2.45, 2.75) is 40.0 Å². The lowest BCUT2D eigenvalue weighted by molar-refractivity contribution is 0.0953. The molecular weight excluding hydrogens is 390 g/mol. The molecule has 31 heavy (non-hydrogen) atoms. The van der Waals surface area contributed by atoms with E-state index in [9.17, 15) is 9.59 Å². The zero-order chi connectivity index (χ0) is 22.0. The number of carbonyl (C=O) groups is 2. The lowest BCUT2D eigenvalue weighted by Gasteiger charge is -2.13. The molecule has 0 saturated heterocycles. The number of fused-ring (bicyclic) bond motifs is 1. The highest BCUT2D eigenvalue weighted by atomic mass is 16.4. The number of aryl methyl sites for hydroxylation is 3. The maximum Gasteiger partial charge on any atom is 0.291 e. The smallest absolute Gasteiger partial charge is 0.291 e. The van der Waals surface area contributed by atoms with Gasteiger partial charge in [-0.2, -0.15) is 5.10 Å². The van der Waals surface area contributed by atoms with Crippen molar-refractivity contribution in [3.63, 3.8) is 0 Å². The van der Waals surface area contributed by atoms with Gasteiger partial charge in [-0.3, -0.25) is 9.59 Å². The molecule has 4 rings (SSSR count). The molecule has 6 heteroatoms. The second-order valence-corrected chi connectivity index (χ2v) is 7.85. The average Bonchev–Trinajstić information content (AvgIpc) is 3.12. The molecule has 0 fully saturated rings. The summed E-state index contributed by atoms with van der Waals surface area (Å²) in [6.45, 7) is 5.84. The molecule has 0 bridgehead atoms. The van der Waals surface area contributed by atoms with Crippen LogP contribution in [-0.4, -0.2) is 17.5 Å². The lowest BCUT2D eigenvalue weighted by atomic mass is 9.93.